The van der Waals surface area contributed by atoms with Gasteiger partial charge in [0.15, 0.2) is 0 Å². The summed E-state index contributed by atoms with van der Waals surface area (Å²) >= 11 is 0.478. The van der Waals surface area contributed by atoms with Crippen LogP contribution >= 0.6 is 11.8 Å². The second kappa shape index (κ2) is 8.50. The van der Waals surface area contributed by atoms with E-state index in [1.807, 2.05) is 0 Å². The maximum atomic E-state index is 10.8. The van der Waals surface area contributed by atoms with E-state index in [-0.39, 0.29) is 11.5 Å². The van der Waals surface area contributed by atoms with Crippen LogP contribution < -0.4 is 0 Å². The van der Waals surface area contributed by atoms with E-state index >= 15 is 0 Å². The molecule has 0 aromatic carbocycles. The molecule has 5 N–H and O–H groups in total. The Morgan fingerprint density at radius 2 is 1.96 bits per heavy atom. The Morgan fingerprint density at radius 3 is 2.43 bits per heavy atom. The molecule has 0 spiro atoms. The van der Waals surface area contributed by atoms with Gasteiger partial charge in [0, 0.05) is 6.42 Å². The summed E-state index contributed by atoms with van der Waals surface area (Å²) in [5.74, 6) is 0. The maximum absolute atomic E-state index is 10.8. The molecule has 12 heteroatoms. The number of nitrogens with zero attached hydrogens (tertiary/aromatic N) is 1. The van der Waals surface area contributed by atoms with Gasteiger partial charge in [0.1, 0.15) is 29.9 Å². The van der Waals surface area contributed by atoms with Crippen molar-refractivity contribution < 1.29 is 43.2 Å². The first-order valence-electron chi connectivity index (χ1n) is 6.41. The van der Waals surface area contributed by atoms with Gasteiger partial charge in [0.2, 0.25) is 10.3 Å². The van der Waals surface area contributed by atoms with Crippen molar-refractivity contribution in [3.63, 3.8) is 0 Å². The molecular formula is C11H18NO9S2-. The largest absolute Gasteiger partial charge is 0.730 e. The lowest BCUT2D eigenvalue weighted by atomic mass is 10.0. The SMILES string of the molecule is C=C[C@H](O)CC(=NS(=O)(=O)[O-])S[C@@H]1O[C@H](CO)[C@@H](O)[C@H](O)[C@H]1O. The minimum absolute atomic E-state index is 0.378. The fourth-order valence-electron chi connectivity index (χ4n) is 1.79. The van der Waals surface area contributed by atoms with Crippen LogP contribution in [0, 0.1) is 0 Å². The second-order valence-corrected chi connectivity index (χ2v) is 6.94. The number of aliphatic hydroxyl groups is 5. The standard InChI is InChI=1S/C11H19NO9S2/c1-2-5(14)3-7(12-23(18,19)20)22-11-10(17)9(16)8(15)6(4-13)21-11/h2,5-6,8-11,13-17H,1,3-4H2,(H,18,19,20)/p-1/t5-,6+,8+,9-,10+,11-/m0/s1. The molecular weight excluding hydrogens is 354 g/mol. The molecule has 1 aliphatic heterocycles. The highest BCUT2D eigenvalue weighted by Crippen LogP contribution is 2.30. The highest BCUT2D eigenvalue weighted by Gasteiger charge is 2.44. The topological polar surface area (TPSA) is 180 Å². The Labute approximate surface area is 137 Å². The molecule has 6 atom stereocenters. The number of ether oxygens (including phenoxy) is 1. The smallest absolute Gasteiger partial charge is 0.203 e. The van der Waals surface area contributed by atoms with Crippen LogP contribution in [0.15, 0.2) is 17.1 Å². The van der Waals surface area contributed by atoms with E-state index in [9.17, 15) is 33.4 Å². The Morgan fingerprint density at radius 1 is 1.35 bits per heavy atom. The van der Waals surface area contributed by atoms with Gasteiger partial charge in [0.05, 0.1) is 17.8 Å². The van der Waals surface area contributed by atoms with Gasteiger partial charge in [-0.2, -0.15) is 4.40 Å². The average Bonchev–Trinajstić information content (AvgIpc) is 2.45. The molecule has 0 saturated carbocycles. The lowest BCUT2D eigenvalue weighted by Crippen LogP contribution is -2.57. The van der Waals surface area contributed by atoms with Gasteiger partial charge >= 0.3 is 0 Å². The van der Waals surface area contributed by atoms with Crippen LogP contribution in [-0.4, -0.2) is 86.1 Å². The minimum atomic E-state index is -5.02. The van der Waals surface area contributed by atoms with Crippen molar-refractivity contribution >= 4 is 27.1 Å². The molecule has 1 fully saturated rings. The average molecular weight is 372 g/mol. The van der Waals surface area contributed by atoms with E-state index in [0.29, 0.717) is 11.8 Å². The Bertz CT molecular complexity index is 536. The van der Waals surface area contributed by atoms with E-state index in [2.05, 4.69) is 11.0 Å². The highest BCUT2D eigenvalue weighted by atomic mass is 32.2. The van der Waals surface area contributed by atoms with Crippen molar-refractivity contribution in [3.8, 4) is 0 Å². The van der Waals surface area contributed by atoms with Crippen LogP contribution in [0.5, 0.6) is 0 Å². The van der Waals surface area contributed by atoms with Crippen molar-refractivity contribution in [2.75, 3.05) is 6.61 Å². The predicted octanol–water partition coefficient (Wildman–Crippen LogP) is -2.68. The van der Waals surface area contributed by atoms with Gasteiger partial charge in [-0.15, -0.1) is 6.58 Å². The van der Waals surface area contributed by atoms with Gasteiger partial charge in [0.25, 0.3) is 0 Å². The van der Waals surface area contributed by atoms with Crippen molar-refractivity contribution in [2.24, 2.45) is 4.40 Å². The van der Waals surface area contributed by atoms with Crippen molar-refractivity contribution in [3.05, 3.63) is 12.7 Å². The molecule has 0 aromatic rings. The molecule has 134 valence electrons. The summed E-state index contributed by atoms with van der Waals surface area (Å²) in [6.45, 7) is 2.63. The van der Waals surface area contributed by atoms with Crippen molar-refractivity contribution in [1.82, 2.24) is 0 Å². The summed E-state index contributed by atoms with van der Waals surface area (Å²) in [4.78, 5) is 0. The zero-order valence-electron chi connectivity index (χ0n) is 11.8. The molecule has 0 radical (unpaired) electrons. The third-order valence-corrected chi connectivity index (χ3v) is 4.68. The first-order chi connectivity index (χ1) is 10.6. The number of hydrogen-bond donors (Lipinski definition) is 5. The van der Waals surface area contributed by atoms with Gasteiger partial charge < -0.3 is 34.8 Å². The quantitative estimate of drug-likeness (QED) is 0.143. The molecule has 1 heterocycles. The molecule has 0 bridgehead atoms. The van der Waals surface area contributed by atoms with Crippen LogP contribution in [-0.2, 0) is 15.0 Å². The van der Waals surface area contributed by atoms with E-state index in [1.54, 1.807) is 0 Å². The number of aliphatic hydroxyl groups excluding tert-OH is 5. The summed E-state index contributed by atoms with van der Waals surface area (Å²) in [5.41, 5.74) is -1.32. The molecule has 1 aliphatic rings. The third-order valence-electron chi connectivity index (χ3n) is 2.97. The fourth-order valence-corrected chi connectivity index (χ4v) is 3.60. The summed E-state index contributed by atoms with van der Waals surface area (Å²) in [6, 6.07) is 0. The van der Waals surface area contributed by atoms with E-state index in [0.717, 1.165) is 6.08 Å². The lowest BCUT2D eigenvalue weighted by Gasteiger charge is -2.39. The molecule has 0 aromatic heterocycles. The first-order valence-corrected chi connectivity index (χ1v) is 8.66. The zero-order valence-corrected chi connectivity index (χ0v) is 13.4. The first kappa shape index (κ1) is 20.5. The van der Waals surface area contributed by atoms with Gasteiger partial charge in [-0.3, -0.25) is 0 Å². The van der Waals surface area contributed by atoms with Crippen LogP contribution in [0.3, 0.4) is 0 Å². The normalized spacial score (nSPS) is 34.2. The Balaban J connectivity index is 2.97. The Hall–Kier alpha value is -0.570. The molecule has 1 rings (SSSR count). The number of thioether (sulfide) groups is 1. The van der Waals surface area contributed by atoms with Gasteiger partial charge in [-0.05, 0) is 0 Å². The molecule has 0 aliphatic carbocycles. The van der Waals surface area contributed by atoms with Gasteiger partial charge in [-0.1, -0.05) is 17.8 Å². The summed E-state index contributed by atoms with van der Waals surface area (Å²) in [6.07, 6.45) is -6.57. The van der Waals surface area contributed by atoms with Crippen LogP contribution in [0.4, 0.5) is 0 Å². The summed E-state index contributed by atoms with van der Waals surface area (Å²) < 4.78 is 40.4. The van der Waals surface area contributed by atoms with Crippen LogP contribution in [0.25, 0.3) is 0 Å². The second-order valence-electron chi connectivity index (χ2n) is 4.74. The third kappa shape index (κ3) is 6.10. The minimum Gasteiger partial charge on any atom is -0.730 e. The number of rotatable bonds is 6. The predicted molar refractivity (Wildman–Crippen MR) is 79.3 cm³/mol. The van der Waals surface area contributed by atoms with Crippen LogP contribution in [0.1, 0.15) is 6.42 Å². The molecule has 0 unspecified atom stereocenters. The van der Waals surface area contributed by atoms with Crippen molar-refractivity contribution in [2.45, 2.75) is 42.4 Å². The van der Waals surface area contributed by atoms with E-state index in [4.69, 9.17) is 9.84 Å². The van der Waals surface area contributed by atoms with E-state index < -0.39 is 52.9 Å². The molecule has 23 heavy (non-hydrogen) atoms. The lowest BCUT2D eigenvalue weighted by molar-refractivity contribution is -0.205. The molecule has 0 amide bonds. The van der Waals surface area contributed by atoms with Gasteiger partial charge in [-0.25, -0.2) is 8.42 Å². The molecule has 1 saturated heterocycles. The van der Waals surface area contributed by atoms with Crippen molar-refractivity contribution in [1.29, 1.82) is 0 Å². The zero-order chi connectivity index (χ0) is 17.8. The summed E-state index contributed by atoms with van der Waals surface area (Å²) in [5, 5.41) is 47.3. The highest BCUT2D eigenvalue weighted by molar-refractivity contribution is 8.14. The fraction of sp³-hybridized carbons (Fsp3) is 0.727. The monoisotopic (exact) mass is 372 g/mol. The van der Waals surface area contributed by atoms with E-state index in [1.165, 1.54) is 0 Å². The molecule has 10 nitrogen and oxygen atoms in total. The van der Waals surface area contributed by atoms with Crippen LogP contribution in [0.2, 0.25) is 0 Å². The Kier molecular flexibility index (Phi) is 7.57. The maximum Gasteiger partial charge on any atom is 0.203 e. The number of hydrogen-bond acceptors (Lipinski definition) is 10. The summed E-state index contributed by atoms with van der Waals surface area (Å²) in [7, 11) is -5.02.